The quantitative estimate of drug-likeness (QED) is 0.916. The molecule has 0 atom stereocenters. The number of aryl methyl sites for hydroxylation is 1. The van der Waals surface area contributed by atoms with Gasteiger partial charge in [-0.05, 0) is 56.6 Å². The van der Waals surface area contributed by atoms with Crippen LogP contribution in [0.25, 0.3) is 0 Å². The van der Waals surface area contributed by atoms with Crippen LogP contribution in [0.3, 0.4) is 0 Å². The summed E-state index contributed by atoms with van der Waals surface area (Å²) in [5.41, 5.74) is 0.347. The van der Waals surface area contributed by atoms with E-state index in [0.717, 1.165) is 25.9 Å². The molecule has 0 spiro atoms. The van der Waals surface area contributed by atoms with Gasteiger partial charge < -0.3 is 5.32 Å². The number of hydrogen-bond donors (Lipinski definition) is 1. The fourth-order valence-corrected chi connectivity index (χ4v) is 3.81. The molecule has 106 valence electrons. The Morgan fingerprint density at radius 1 is 1.32 bits per heavy atom. The van der Waals surface area contributed by atoms with Crippen molar-refractivity contribution in [1.29, 1.82) is 0 Å². The smallest absolute Gasteiger partial charge is 0.243 e. The van der Waals surface area contributed by atoms with Crippen molar-refractivity contribution in [2.45, 2.75) is 30.7 Å². The molecule has 2 rings (SSSR count). The largest absolute Gasteiger partial charge is 0.317 e. The van der Waals surface area contributed by atoms with E-state index in [9.17, 15) is 12.8 Å². The third kappa shape index (κ3) is 2.96. The van der Waals surface area contributed by atoms with Crippen molar-refractivity contribution in [2.24, 2.45) is 0 Å². The molecule has 0 saturated carbocycles. The summed E-state index contributed by atoms with van der Waals surface area (Å²) in [6, 6.07) is 3.94. The van der Waals surface area contributed by atoms with Crippen LogP contribution in [0, 0.1) is 12.7 Å². The molecule has 1 saturated heterocycles. The summed E-state index contributed by atoms with van der Waals surface area (Å²) in [7, 11) is -1.94. The molecule has 1 heterocycles. The fraction of sp³-hybridized carbons (Fsp3) is 0.538. The first-order valence-corrected chi connectivity index (χ1v) is 7.82. The normalized spacial score (nSPS) is 17.9. The lowest BCUT2D eigenvalue weighted by atomic mass is 10.1. The zero-order valence-electron chi connectivity index (χ0n) is 11.2. The van der Waals surface area contributed by atoms with E-state index in [1.165, 1.54) is 22.5 Å². The van der Waals surface area contributed by atoms with Gasteiger partial charge in [-0.25, -0.2) is 12.8 Å². The summed E-state index contributed by atoms with van der Waals surface area (Å²) < 4.78 is 39.6. The van der Waals surface area contributed by atoms with E-state index in [-0.39, 0.29) is 16.8 Å². The number of piperidine rings is 1. The Kier molecular flexibility index (Phi) is 4.23. The molecule has 1 aliphatic rings. The average molecular weight is 286 g/mol. The van der Waals surface area contributed by atoms with Crippen molar-refractivity contribution in [1.82, 2.24) is 9.62 Å². The third-order valence-electron chi connectivity index (χ3n) is 3.63. The number of benzene rings is 1. The van der Waals surface area contributed by atoms with Gasteiger partial charge in [-0.15, -0.1) is 0 Å². The third-order valence-corrected chi connectivity index (χ3v) is 5.54. The van der Waals surface area contributed by atoms with E-state index in [2.05, 4.69) is 5.32 Å². The number of nitrogens with zero attached hydrogens (tertiary/aromatic N) is 1. The van der Waals surface area contributed by atoms with Gasteiger partial charge in [-0.1, -0.05) is 0 Å². The molecule has 1 fully saturated rings. The van der Waals surface area contributed by atoms with Crippen LogP contribution in [-0.2, 0) is 10.0 Å². The first kappa shape index (κ1) is 14.4. The second kappa shape index (κ2) is 5.56. The minimum absolute atomic E-state index is 0.0107. The molecule has 0 radical (unpaired) electrons. The predicted molar refractivity (Wildman–Crippen MR) is 72.0 cm³/mol. The van der Waals surface area contributed by atoms with E-state index in [4.69, 9.17) is 0 Å². The van der Waals surface area contributed by atoms with Crippen LogP contribution >= 0.6 is 0 Å². The lowest BCUT2D eigenvalue weighted by Crippen LogP contribution is -2.43. The highest BCUT2D eigenvalue weighted by Crippen LogP contribution is 2.22. The monoisotopic (exact) mass is 286 g/mol. The SMILES string of the molecule is Cc1cc(S(=O)(=O)N(C)C2CCNCC2)ccc1F. The molecule has 0 bridgehead atoms. The first-order valence-electron chi connectivity index (χ1n) is 6.38. The Labute approximate surface area is 113 Å². The highest BCUT2D eigenvalue weighted by Gasteiger charge is 2.29. The molecule has 1 N–H and O–H groups in total. The number of halogens is 1. The van der Waals surface area contributed by atoms with Crippen LogP contribution in [0.4, 0.5) is 4.39 Å². The van der Waals surface area contributed by atoms with Crippen LogP contribution in [-0.4, -0.2) is 38.9 Å². The minimum Gasteiger partial charge on any atom is -0.317 e. The lowest BCUT2D eigenvalue weighted by Gasteiger charge is -2.30. The number of rotatable bonds is 3. The van der Waals surface area contributed by atoms with Gasteiger partial charge in [0.25, 0.3) is 0 Å². The van der Waals surface area contributed by atoms with Gasteiger partial charge in [0.1, 0.15) is 5.82 Å². The number of nitrogens with one attached hydrogen (secondary N) is 1. The highest BCUT2D eigenvalue weighted by atomic mass is 32.2. The summed E-state index contributed by atoms with van der Waals surface area (Å²) in [5.74, 6) is -0.386. The Bertz CT molecular complexity index is 554. The second-order valence-corrected chi connectivity index (χ2v) is 6.91. The lowest BCUT2D eigenvalue weighted by molar-refractivity contribution is 0.296. The Morgan fingerprint density at radius 3 is 2.53 bits per heavy atom. The van der Waals surface area contributed by atoms with Crippen molar-refractivity contribution in [3.05, 3.63) is 29.6 Å². The Balaban J connectivity index is 2.27. The first-order chi connectivity index (χ1) is 8.93. The van der Waals surface area contributed by atoms with Crippen LogP contribution in [0.5, 0.6) is 0 Å². The zero-order valence-corrected chi connectivity index (χ0v) is 12.0. The Morgan fingerprint density at radius 2 is 1.95 bits per heavy atom. The summed E-state index contributed by atoms with van der Waals surface area (Å²) in [5, 5.41) is 3.21. The summed E-state index contributed by atoms with van der Waals surface area (Å²) in [6.07, 6.45) is 1.60. The minimum atomic E-state index is -3.54. The summed E-state index contributed by atoms with van der Waals surface area (Å²) >= 11 is 0. The predicted octanol–water partition coefficient (Wildman–Crippen LogP) is 1.51. The van der Waals surface area contributed by atoms with E-state index < -0.39 is 10.0 Å². The molecule has 4 nitrogen and oxygen atoms in total. The molecule has 1 aliphatic heterocycles. The molecule has 0 aliphatic carbocycles. The van der Waals surface area contributed by atoms with Gasteiger partial charge in [0, 0.05) is 13.1 Å². The van der Waals surface area contributed by atoms with E-state index >= 15 is 0 Å². The van der Waals surface area contributed by atoms with Crippen molar-refractivity contribution < 1.29 is 12.8 Å². The second-order valence-electron chi connectivity index (χ2n) is 4.91. The molecule has 0 unspecified atom stereocenters. The van der Waals surface area contributed by atoms with Crippen molar-refractivity contribution in [2.75, 3.05) is 20.1 Å². The fourth-order valence-electron chi connectivity index (χ4n) is 2.31. The zero-order chi connectivity index (χ0) is 14.0. The van der Waals surface area contributed by atoms with Crippen LogP contribution < -0.4 is 5.32 Å². The molecule has 1 aromatic carbocycles. The van der Waals surface area contributed by atoms with Gasteiger partial charge >= 0.3 is 0 Å². The number of sulfonamides is 1. The maximum Gasteiger partial charge on any atom is 0.243 e. The maximum absolute atomic E-state index is 13.2. The van der Waals surface area contributed by atoms with Crippen LogP contribution in [0.15, 0.2) is 23.1 Å². The van der Waals surface area contributed by atoms with E-state index in [1.807, 2.05) is 0 Å². The molecule has 0 aromatic heterocycles. The molecule has 1 aromatic rings. The van der Waals surface area contributed by atoms with Crippen LogP contribution in [0.1, 0.15) is 18.4 Å². The van der Waals surface area contributed by atoms with Gasteiger partial charge in [-0.3, -0.25) is 0 Å². The van der Waals surface area contributed by atoms with Crippen LogP contribution in [0.2, 0.25) is 0 Å². The van der Waals surface area contributed by atoms with Gasteiger partial charge in [0.15, 0.2) is 0 Å². The molecule has 0 amide bonds. The highest BCUT2D eigenvalue weighted by molar-refractivity contribution is 7.89. The van der Waals surface area contributed by atoms with Gasteiger partial charge in [0.05, 0.1) is 4.90 Å². The average Bonchev–Trinajstić information content (AvgIpc) is 2.41. The summed E-state index contributed by atoms with van der Waals surface area (Å²) in [6.45, 7) is 3.22. The molecular weight excluding hydrogens is 267 g/mol. The topological polar surface area (TPSA) is 49.4 Å². The van der Waals surface area contributed by atoms with Gasteiger partial charge in [-0.2, -0.15) is 4.31 Å². The van der Waals surface area contributed by atoms with Crippen molar-refractivity contribution in [3.8, 4) is 0 Å². The van der Waals surface area contributed by atoms with E-state index in [1.54, 1.807) is 14.0 Å². The van der Waals surface area contributed by atoms with E-state index in [0.29, 0.717) is 5.56 Å². The standard InChI is InChI=1S/C13H19FN2O2S/c1-10-9-12(3-4-13(10)14)19(17,18)16(2)11-5-7-15-8-6-11/h3-4,9,11,15H,5-8H2,1-2H3. The van der Waals surface area contributed by atoms with Crippen molar-refractivity contribution >= 4 is 10.0 Å². The van der Waals surface area contributed by atoms with Gasteiger partial charge in [0.2, 0.25) is 10.0 Å². The molecule has 19 heavy (non-hydrogen) atoms. The summed E-state index contributed by atoms with van der Waals surface area (Å²) in [4.78, 5) is 0.160. The van der Waals surface area contributed by atoms with Crippen molar-refractivity contribution in [3.63, 3.8) is 0 Å². The molecular formula is C13H19FN2O2S. The number of hydrogen-bond acceptors (Lipinski definition) is 3. The Hall–Kier alpha value is -0.980. The molecule has 6 heteroatoms. The maximum atomic E-state index is 13.2.